The minimum absolute atomic E-state index is 0.0162. The number of H-pyrrole nitrogens is 1. The maximum absolute atomic E-state index is 12.7. The Bertz CT molecular complexity index is 810. The third-order valence-electron chi connectivity index (χ3n) is 4.53. The summed E-state index contributed by atoms with van der Waals surface area (Å²) in [5.74, 6) is 0.537. The highest BCUT2D eigenvalue weighted by Gasteiger charge is 2.31. The first-order valence-electron chi connectivity index (χ1n) is 8.33. The van der Waals surface area contributed by atoms with Gasteiger partial charge in [-0.2, -0.15) is 0 Å². The van der Waals surface area contributed by atoms with Gasteiger partial charge >= 0.3 is 0 Å². The number of anilines is 1. The molecule has 2 heterocycles. The Hall–Kier alpha value is -2.66. The predicted octanol–water partition coefficient (Wildman–Crippen LogP) is 3.17. The first-order valence-corrected chi connectivity index (χ1v) is 8.33. The molecule has 5 heteroatoms. The second kappa shape index (κ2) is 6.45. The maximum Gasteiger partial charge on any atom is 0.244 e. The number of hydrogen-bond donors (Lipinski definition) is 2. The molecule has 1 saturated heterocycles. The highest BCUT2D eigenvalue weighted by Crippen LogP contribution is 2.22. The first-order chi connectivity index (χ1) is 11.8. The minimum atomic E-state index is -0.0987. The number of fused-ring (bicyclic) bond motifs is 1. The van der Waals surface area contributed by atoms with Crippen molar-refractivity contribution < 1.29 is 4.79 Å². The van der Waals surface area contributed by atoms with E-state index in [2.05, 4.69) is 32.3 Å². The van der Waals surface area contributed by atoms with Crippen molar-refractivity contribution in [3.63, 3.8) is 0 Å². The van der Waals surface area contributed by atoms with Gasteiger partial charge in [-0.1, -0.05) is 42.5 Å². The topological polar surface area (TPSA) is 61.0 Å². The summed E-state index contributed by atoms with van der Waals surface area (Å²) in [7, 11) is 0. The Labute approximate surface area is 140 Å². The molecule has 122 valence electrons. The van der Waals surface area contributed by atoms with Gasteiger partial charge in [0, 0.05) is 6.54 Å². The van der Waals surface area contributed by atoms with E-state index >= 15 is 0 Å². The summed E-state index contributed by atoms with van der Waals surface area (Å²) >= 11 is 0. The van der Waals surface area contributed by atoms with E-state index in [9.17, 15) is 4.79 Å². The molecule has 4 rings (SSSR count). The Morgan fingerprint density at radius 1 is 1.17 bits per heavy atom. The quantitative estimate of drug-likeness (QED) is 0.776. The highest BCUT2D eigenvalue weighted by molar-refractivity contribution is 5.95. The molecule has 2 N–H and O–H groups in total. The summed E-state index contributed by atoms with van der Waals surface area (Å²) in [4.78, 5) is 22.5. The van der Waals surface area contributed by atoms with E-state index in [1.807, 2.05) is 42.5 Å². The summed E-state index contributed by atoms with van der Waals surface area (Å²) in [5.41, 5.74) is 3.03. The predicted molar refractivity (Wildman–Crippen MR) is 94.6 cm³/mol. The number of benzene rings is 2. The largest absolute Gasteiger partial charge is 0.324 e. The number of rotatable bonds is 4. The van der Waals surface area contributed by atoms with Crippen molar-refractivity contribution in [1.82, 2.24) is 14.9 Å². The van der Waals surface area contributed by atoms with Crippen LogP contribution < -0.4 is 5.32 Å². The molecule has 1 aliphatic rings. The molecule has 2 aromatic carbocycles. The summed E-state index contributed by atoms with van der Waals surface area (Å²) in [6.07, 6.45) is 1.93. The van der Waals surface area contributed by atoms with Crippen LogP contribution in [0.25, 0.3) is 11.0 Å². The molecule has 1 unspecified atom stereocenters. The third kappa shape index (κ3) is 3.03. The maximum atomic E-state index is 12.7. The number of amides is 1. The van der Waals surface area contributed by atoms with Crippen LogP contribution in [-0.2, 0) is 11.3 Å². The van der Waals surface area contributed by atoms with Crippen LogP contribution in [0.5, 0.6) is 0 Å². The van der Waals surface area contributed by atoms with Crippen LogP contribution in [0, 0.1) is 0 Å². The molecule has 0 bridgehead atoms. The third-order valence-corrected chi connectivity index (χ3v) is 4.53. The molecule has 24 heavy (non-hydrogen) atoms. The van der Waals surface area contributed by atoms with E-state index in [0.29, 0.717) is 5.95 Å². The van der Waals surface area contributed by atoms with Gasteiger partial charge in [-0.05, 0) is 37.1 Å². The van der Waals surface area contributed by atoms with Gasteiger partial charge in [-0.3, -0.25) is 15.0 Å². The smallest absolute Gasteiger partial charge is 0.244 e. The fourth-order valence-electron chi connectivity index (χ4n) is 3.34. The minimum Gasteiger partial charge on any atom is -0.324 e. The number of likely N-dealkylation sites (tertiary alicyclic amines) is 1. The zero-order valence-corrected chi connectivity index (χ0v) is 13.4. The van der Waals surface area contributed by atoms with E-state index in [1.54, 1.807) is 0 Å². The lowest BCUT2D eigenvalue weighted by Crippen LogP contribution is -2.39. The number of carbonyl (C=O) groups excluding carboxylic acids is 1. The van der Waals surface area contributed by atoms with Crippen molar-refractivity contribution in [2.24, 2.45) is 0 Å². The zero-order chi connectivity index (χ0) is 16.4. The molecule has 1 amide bonds. The summed E-state index contributed by atoms with van der Waals surface area (Å²) in [6, 6.07) is 18.0. The van der Waals surface area contributed by atoms with Crippen molar-refractivity contribution in [3.05, 3.63) is 60.2 Å². The van der Waals surface area contributed by atoms with Crippen LogP contribution in [-0.4, -0.2) is 33.4 Å². The number of aromatic nitrogens is 2. The van der Waals surface area contributed by atoms with E-state index in [1.165, 1.54) is 5.56 Å². The first kappa shape index (κ1) is 14.9. The van der Waals surface area contributed by atoms with E-state index in [4.69, 9.17) is 0 Å². The molecule has 1 fully saturated rings. The molecule has 1 atom stereocenters. The highest BCUT2D eigenvalue weighted by atomic mass is 16.2. The SMILES string of the molecule is O=C(Nc1nc2ccccc2[nH]1)C1CCCN1Cc1ccccc1. The van der Waals surface area contributed by atoms with Gasteiger partial charge in [-0.15, -0.1) is 0 Å². The molecule has 0 spiro atoms. The van der Waals surface area contributed by atoms with Gasteiger partial charge in [-0.25, -0.2) is 4.98 Å². The lowest BCUT2D eigenvalue weighted by molar-refractivity contribution is -0.120. The fourth-order valence-corrected chi connectivity index (χ4v) is 3.34. The van der Waals surface area contributed by atoms with Gasteiger partial charge in [0.2, 0.25) is 11.9 Å². The molecular formula is C19H20N4O. The molecule has 3 aromatic rings. The van der Waals surface area contributed by atoms with Crippen LogP contribution >= 0.6 is 0 Å². The van der Waals surface area contributed by atoms with Crippen LogP contribution in [0.4, 0.5) is 5.95 Å². The lowest BCUT2D eigenvalue weighted by Gasteiger charge is -2.23. The monoisotopic (exact) mass is 320 g/mol. The Kier molecular flexibility index (Phi) is 4.01. The zero-order valence-electron chi connectivity index (χ0n) is 13.4. The van der Waals surface area contributed by atoms with Crippen molar-refractivity contribution in [2.45, 2.75) is 25.4 Å². The fraction of sp³-hybridized carbons (Fsp3) is 0.263. The Morgan fingerprint density at radius 2 is 1.96 bits per heavy atom. The van der Waals surface area contributed by atoms with Crippen molar-refractivity contribution in [1.29, 1.82) is 0 Å². The van der Waals surface area contributed by atoms with E-state index in [-0.39, 0.29) is 11.9 Å². The normalized spacial score (nSPS) is 18.1. The van der Waals surface area contributed by atoms with Gasteiger partial charge in [0.1, 0.15) is 0 Å². The van der Waals surface area contributed by atoms with Crippen LogP contribution in [0.3, 0.4) is 0 Å². The van der Waals surface area contributed by atoms with Crippen LogP contribution in [0.1, 0.15) is 18.4 Å². The Balaban J connectivity index is 1.46. The number of aromatic amines is 1. The van der Waals surface area contributed by atoms with Gasteiger partial charge < -0.3 is 4.98 Å². The van der Waals surface area contributed by atoms with Crippen LogP contribution in [0.15, 0.2) is 54.6 Å². The number of para-hydroxylation sites is 2. The number of nitrogens with zero attached hydrogens (tertiary/aromatic N) is 2. The van der Waals surface area contributed by atoms with Crippen LogP contribution in [0.2, 0.25) is 0 Å². The average molecular weight is 320 g/mol. The molecule has 5 nitrogen and oxygen atoms in total. The summed E-state index contributed by atoms with van der Waals surface area (Å²) in [6.45, 7) is 1.76. The van der Waals surface area contributed by atoms with Crippen molar-refractivity contribution in [3.8, 4) is 0 Å². The lowest BCUT2D eigenvalue weighted by atomic mass is 10.1. The number of carbonyl (C=O) groups is 1. The molecular weight excluding hydrogens is 300 g/mol. The van der Waals surface area contributed by atoms with Crippen molar-refractivity contribution in [2.75, 3.05) is 11.9 Å². The number of nitrogens with one attached hydrogen (secondary N) is 2. The second-order valence-electron chi connectivity index (χ2n) is 6.21. The van der Waals surface area contributed by atoms with E-state index < -0.39 is 0 Å². The number of imidazole rings is 1. The Morgan fingerprint density at radius 3 is 2.79 bits per heavy atom. The van der Waals surface area contributed by atoms with Gasteiger partial charge in [0.25, 0.3) is 0 Å². The van der Waals surface area contributed by atoms with Gasteiger partial charge in [0.05, 0.1) is 17.1 Å². The standard InChI is InChI=1S/C19H20N4O/c24-18(22-19-20-15-9-4-5-10-16(15)21-19)17-11-6-12-23(17)13-14-7-2-1-3-8-14/h1-5,7-10,17H,6,11-13H2,(H2,20,21,22,24). The van der Waals surface area contributed by atoms with Crippen molar-refractivity contribution >= 4 is 22.9 Å². The van der Waals surface area contributed by atoms with E-state index in [0.717, 1.165) is 37.0 Å². The summed E-state index contributed by atoms with van der Waals surface area (Å²) in [5, 5.41) is 2.94. The molecule has 0 aliphatic carbocycles. The second-order valence-corrected chi connectivity index (χ2v) is 6.21. The number of hydrogen-bond acceptors (Lipinski definition) is 3. The molecule has 1 aromatic heterocycles. The average Bonchev–Trinajstić information content (AvgIpc) is 3.21. The molecule has 0 saturated carbocycles. The molecule has 1 aliphatic heterocycles. The molecule has 0 radical (unpaired) electrons. The summed E-state index contributed by atoms with van der Waals surface area (Å²) < 4.78 is 0. The van der Waals surface area contributed by atoms with Gasteiger partial charge in [0.15, 0.2) is 0 Å².